The Morgan fingerprint density at radius 2 is 2.23 bits per heavy atom. The Kier molecular flexibility index (Phi) is 3.92. The average molecular weight is 299 g/mol. The van der Waals surface area contributed by atoms with Crippen molar-refractivity contribution in [1.29, 1.82) is 0 Å². The van der Waals surface area contributed by atoms with Crippen LogP contribution in [0.25, 0.3) is 11.4 Å². The Hall–Kier alpha value is -2.24. The van der Waals surface area contributed by atoms with Gasteiger partial charge in [-0.3, -0.25) is 9.48 Å². The van der Waals surface area contributed by atoms with Crippen LogP contribution in [-0.4, -0.2) is 43.6 Å². The maximum Gasteiger partial charge on any atom is 0.219 e. The molecule has 0 bridgehead atoms. The first-order valence-electron chi connectivity index (χ1n) is 7.71. The number of carbonyl (C=O) groups is 1. The Morgan fingerprint density at radius 1 is 1.41 bits per heavy atom. The maximum atomic E-state index is 11.5. The van der Waals surface area contributed by atoms with Gasteiger partial charge in [0.15, 0.2) is 0 Å². The van der Waals surface area contributed by atoms with Crippen LogP contribution in [0.1, 0.15) is 37.7 Å². The van der Waals surface area contributed by atoms with Crippen LogP contribution in [0.3, 0.4) is 0 Å². The highest BCUT2D eigenvalue weighted by molar-refractivity contribution is 5.73. The highest BCUT2D eigenvalue weighted by atomic mass is 16.2. The molecule has 3 rings (SSSR count). The number of amides is 1. The van der Waals surface area contributed by atoms with E-state index in [4.69, 9.17) is 0 Å². The largest absolute Gasteiger partial charge is 0.342 e. The summed E-state index contributed by atoms with van der Waals surface area (Å²) in [5, 5.41) is 4.31. The summed E-state index contributed by atoms with van der Waals surface area (Å²) in [4.78, 5) is 22.5. The second-order valence-electron chi connectivity index (χ2n) is 5.71. The SMILES string of the molecule is CCn1nccc1-c1cc(C2CCN(C(C)=O)C2)nc(C)n1. The summed E-state index contributed by atoms with van der Waals surface area (Å²) in [5.74, 6) is 1.19. The molecule has 1 aliphatic heterocycles. The Balaban J connectivity index is 1.93. The lowest BCUT2D eigenvalue weighted by Gasteiger charge is -2.14. The fourth-order valence-corrected chi connectivity index (χ4v) is 3.02. The molecule has 2 aromatic rings. The Morgan fingerprint density at radius 3 is 2.91 bits per heavy atom. The number of hydrogen-bond donors (Lipinski definition) is 0. The predicted molar refractivity (Wildman–Crippen MR) is 83.3 cm³/mol. The van der Waals surface area contributed by atoms with Crippen molar-refractivity contribution in [2.24, 2.45) is 0 Å². The van der Waals surface area contributed by atoms with E-state index >= 15 is 0 Å². The molecule has 0 N–H and O–H groups in total. The molecule has 6 nitrogen and oxygen atoms in total. The van der Waals surface area contributed by atoms with Crippen LogP contribution in [0.5, 0.6) is 0 Å². The fraction of sp³-hybridized carbons (Fsp3) is 0.500. The number of likely N-dealkylation sites (tertiary alicyclic amines) is 1. The molecule has 0 radical (unpaired) electrons. The summed E-state index contributed by atoms with van der Waals surface area (Å²) in [5.41, 5.74) is 2.94. The minimum absolute atomic E-state index is 0.137. The Labute approximate surface area is 130 Å². The number of aryl methyl sites for hydroxylation is 2. The molecule has 0 spiro atoms. The van der Waals surface area contributed by atoms with Gasteiger partial charge in [-0.25, -0.2) is 9.97 Å². The first-order chi connectivity index (χ1) is 10.6. The predicted octanol–water partition coefficient (Wildman–Crippen LogP) is 2.00. The van der Waals surface area contributed by atoms with Gasteiger partial charge < -0.3 is 4.90 Å². The normalized spacial score (nSPS) is 18.0. The molecule has 22 heavy (non-hydrogen) atoms. The van der Waals surface area contributed by atoms with Gasteiger partial charge in [0.25, 0.3) is 0 Å². The van der Waals surface area contributed by atoms with E-state index in [1.54, 1.807) is 13.1 Å². The summed E-state index contributed by atoms with van der Waals surface area (Å²) in [6.45, 7) is 7.97. The van der Waals surface area contributed by atoms with Crippen molar-refractivity contribution in [3.8, 4) is 11.4 Å². The number of hydrogen-bond acceptors (Lipinski definition) is 4. The zero-order valence-electron chi connectivity index (χ0n) is 13.3. The van der Waals surface area contributed by atoms with Crippen molar-refractivity contribution >= 4 is 5.91 Å². The summed E-state index contributed by atoms with van der Waals surface area (Å²) in [7, 11) is 0. The molecule has 0 saturated carbocycles. The summed E-state index contributed by atoms with van der Waals surface area (Å²) < 4.78 is 1.93. The lowest BCUT2D eigenvalue weighted by Crippen LogP contribution is -2.25. The minimum atomic E-state index is 0.137. The molecule has 1 fully saturated rings. The average Bonchev–Trinajstić information content (AvgIpc) is 3.15. The molecule has 0 aromatic carbocycles. The van der Waals surface area contributed by atoms with Gasteiger partial charge in [-0.1, -0.05) is 0 Å². The van der Waals surface area contributed by atoms with E-state index in [-0.39, 0.29) is 5.91 Å². The third kappa shape index (κ3) is 2.73. The van der Waals surface area contributed by atoms with Gasteiger partial charge in [0.1, 0.15) is 5.82 Å². The molecule has 6 heteroatoms. The summed E-state index contributed by atoms with van der Waals surface area (Å²) in [6.07, 6.45) is 2.76. The minimum Gasteiger partial charge on any atom is -0.342 e. The molecule has 2 aromatic heterocycles. The molecule has 3 heterocycles. The van der Waals surface area contributed by atoms with Gasteiger partial charge in [-0.05, 0) is 32.4 Å². The van der Waals surface area contributed by atoms with Crippen LogP contribution in [-0.2, 0) is 11.3 Å². The maximum absolute atomic E-state index is 11.5. The molecule has 116 valence electrons. The summed E-state index contributed by atoms with van der Waals surface area (Å²) in [6, 6.07) is 4.02. The van der Waals surface area contributed by atoms with Crippen LogP contribution in [0.2, 0.25) is 0 Å². The number of carbonyl (C=O) groups excluding carboxylic acids is 1. The van der Waals surface area contributed by atoms with Gasteiger partial charge in [-0.15, -0.1) is 0 Å². The van der Waals surface area contributed by atoms with Gasteiger partial charge in [-0.2, -0.15) is 5.10 Å². The third-order valence-corrected chi connectivity index (χ3v) is 4.19. The van der Waals surface area contributed by atoms with Crippen molar-refractivity contribution in [2.45, 2.75) is 39.7 Å². The Bertz CT molecular complexity index is 694. The van der Waals surface area contributed by atoms with Crippen molar-refractivity contribution in [3.63, 3.8) is 0 Å². The third-order valence-electron chi connectivity index (χ3n) is 4.19. The number of aromatic nitrogens is 4. The standard InChI is InChI=1S/C16H21N5O/c1-4-21-16(5-7-17-21)15-9-14(18-11(2)19-15)13-6-8-20(10-13)12(3)22/h5,7,9,13H,4,6,8,10H2,1-3H3. The van der Waals surface area contributed by atoms with Crippen molar-refractivity contribution in [1.82, 2.24) is 24.6 Å². The van der Waals surface area contributed by atoms with Gasteiger partial charge >= 0.3 is 0 Å². The number of nitrogens with zero attached hydrogens (tertiary/aromatic N) is 5. The molecular weight excluding hydrogens is 278 g/mol. The lowest BCUT2D eigenvalue weighted by atomic mass is 10.0. The van der Waals surface area contributed by atoms with Crippen LogP contribution >= 0.6 is 0 Å². The first kappa shape index (κ1) is 14.7. The van der Waals surface area contributed by atoms with Crippen molar-refractivity contribution in [2.75, 3.05) is 13.1 Å². The molecule has 1 amide bonds. The highest BCUT2D eigenvalue weighted by Crippen LogP contribution is 2.28. The molecule has 1 aliphatic rings. The smallest absolute Gasteiger partial charge is 0.219 e. The van der Waals surface area contributed by atoms with E-state index < -0.39 is 0 Å². The second kappa shape index (κ2) is 5.87. The number of rotatable bonds is 3. The van der Waals surface area contributed by atoms with Gasteiger partial charge in [0, 0.05) is 44.4 Å². The monoisotopic (exact) mass is 299 g/mol. The first-order valence-corrected chi connectivity index (χ1v) is 7.71. The van der Waals surface area contributed by atoms with E-state index in [0.717, 1.165) is 49.0 Å². The van der Waals surface area contributed by atoms with Crippen LogP contribution in [0.4, 0.5) is 0 Å². The van der Waals surface area contributed by atoms with E-state index in [9.17, 15) is 4.79 Å². The molecule has 0 aliphatic carbocycles. The van der Waals surface area contributed by atoms with E-state index in [0.29, 0.717) is 5.92 Å². The van der Waals surface area contributed by atoms with E-state index in [1.165, 1.54) is 0 Å². The van der Waals surface area contributed by atoms with Crippen molar-refractivity contribution < 1.29 is 4.79 Å². The highest BCUT2D eigenvalue weighted by Gasteiger charge is 2.27. The molecule has 1 unspecified atom stereocenters. The second-order valence-corrected chi connectivity index (χ2v) is 5.71. The van der Waals surface area contributed by atoms with E-state index in [1.807, 2.05) is 28.6 Å². The summed E-state index contributed by atoms with van der Waals surface area (Å²) >= 11 is 0. The van der Waals surface area contributed by atoms with Gasteiger partial charge in [0.05, 0.1) is 11.4 Å². The van der Waals surface area contributed by atoms with Crippen molar-refractivity contribution in [3.05, 3.63) is 29.8 Å². The zero-order chi connectivity index (χ0) is 15.7. The quantitative estimate of drug-likeness (QED) is 0.869. The molecule has 1 saturated heterocycles. The van der Waals surface area contributed by atoms with Crippen LogP contribution < -0.4 is 0 Å². The zero-order valence-corrected chi connectivity index (χ0v) is 13.3. The van der Waals surface area contributed by atoms with Gasteiger partial charge in [0.2, 0.25) is 5.91 Å². The van der Waals surface area contributed by atoms with Crippen LogP contribution in [0, 0.1) is 6.92 Å². The molecule has 1 atom stereocenters. The van der Waals surface area contributed by atoms with E-state index in [2.05, 4.69) is 22.0 Å². The molecular formula is C16H21N5O. The van der Waals surface area contributed by atoms with Crippen LogP contribution in [0.15, 0.2) is 18.3 Å². The fourth-order valence-electron chi connectivity index (χ4n) is 3.02. The lowest BCUT2D eigenvalue weighted by molar-refractivity contribution is -0.127. The topological polar surface area (TPSA) is 63.9 Å².